The van der Waals surface area contributed by atoms with Crippen LogP contribution in [0.3, 0.4) is 0 Å². The topological polar surface area (TPSA) is 87.9 Å². The monoisotopic (exact) mass is 392 g/mol. The minimum atomic E-state index is -0.163. The van der Waals surface area contributed by atoms with Crippen LogP contribution in [0.25, 0.3) is 0 Å². The number of nitrogens with zero attached hydrogens (tertiary/aromatic N) is 1. The molecule has 0 spiro atoms. The van der Waals surface area contributed by atoms with Gasteiger partial charge in [0.15, 0.2) is 11.7 Å². The highest BCUT2D eigenvalue weighted by Crippen LogP contribution is 2.41. The van der Waals surface area contributed by atoms with E-state index in [1.54, 1.807) is 13.2 Å². The minimum Gasteiger partial charge on any atom is -0.459 e. The Morgan fingerprint density at radius 1 is 1.25 bits per heavy atom. The van der Waals surface area contributed by atoms with Crippen LogP contribution in [0.15, 0.2) is 21.7 Å². The Morgan fingerprint density at radius 3 is 2.64 bits per heavy atom. The van der Waals surface area contributed by atoms with Crippen LogP contribution in [0.5, 0.6) is 0 Å². The zero-order chi connectivity index (χ0) is 20.2. The molecular weight excluding hydrogens is 356 g/mol. The number of guanidine groups is 1. The Morgan fingerprint density at radius 2 is 2.00 bits per heavy atom. The largest absolute Gasteiger partial charge is 0.459 e. The lowest BCUT2D eigenvalue weighted by Crippen LogP contribution is -2.39. The van der Waals surface area contributed by atoms with Crippen molar-refractivity contribution in [1.29, 1.82) is 0 Å². The molecule has 2 rings (SSSR count). The van der Waals surface area contributed by atoms with Gasteiger partial charge in [-0.2, -0.15) is 0 Å². The SMILES string of the molecule is CCNC(=NCC1(CCOC)CCCC1)NCCCNC(=O)c1occc1C. The van der Waals surface area contributed by atoms with E-state index in [9.17, 15) is 4.79 Å². The summed E-state index contributed by atoms with van der Waals surface area (Å²) >= 11 is 0. The number of furan rings is 1. The van der Waals surface area contributed by atoms with Gasteiger partial charge in [-0.05, 0) is 51.0 Å². The fourth-order valence-electron chi connectivity index (χ4n) is 3.70. The van der Waals surface area contributed by atoms with Crippen molar-refractivity contribution in [1.82, 2.24) is 16.0 Å². The summed E-state index contributed by atoms with van der Waals surface area (Å²) in [6.45, 7) is 7.72. The number of hydrogen-bond donors (Lipinski definition) is 3. The Kier molecular flexibility index (Phi) is 9.34. The van der Waals surface area contributed by atoms with Crippen molar-refractivity contribution < 1.29 is 13.9 Å². The molecule has 0 bridgehead atoms. The fourth-order valence-corrected chi connectivity index (χ4v) is 3.70. The third kappa shape index (κ3) is 6.86. The van der Waals surface area contributed by atoms with Gasteiger partial charge in [-0.1, -0.05) is 12.8 Å². The van der Waals surface area contributed by atoms with Crippen molar-refractivity contribution in [3.8, 4) is 0 Å². The number of hydrogen-bond acceptors (Lipinski definition) is 4. The molecular formula is C21H36N4O3. The molecule has 0 unspecified atom stereocenters. The van der Waals surface area contributed by atoms with Crippen LogP contribution in [0, 0.1) is 12.3 Å². The molecule has 1 aromatic rings. The number of aryl methyl sites for hydroxylation is 1. The van der Waals surface area contributed by atoms with Gasteiger partial charge in [0.05, 0.1) is 6.26 Å². The van der Waals surface area contributed by atoms with E-state index in [1.807, 2.05) is 6.92 Å². The van der Waals surface area contributed by atoms with E-state index in [0.29, 0.717) is 12.3 Å². The van der Waals surface area contributed by atoms with E-state index in [1.165, 1.54) is 31.9 Å². The smallest absolute Gasteiger partial charge is 0.287 e. The standard InChI is InChI=1S/C21H36N4O3/c1-4-22-20(25-16-21(11-15-27-3)9-5-6-10-21)24-13-7-12-23-19(26)18-17(2)8-14-28-18/h8,14H,4-7,9-13,15-16H2,1-3H3,(H,23,26)(H2,22,24,25). The molecule has 0 saturated heterocycles. The predicted octanol–water partition coefficient (Wildman–Crippen LogP) is 2.86. The molecule has 0 aromatic carbocycles. The number of carbonyl (C=O) groups excluding carboxylic acids is 1. The number of methoxy groups -OCH3 is 1. The molecule has 0 aliphatic heterocycles. The second kappa shape index (κ2) is 11.7. The van der Waals surface area contributed by atoms with E-state index in [4.69, 9.17) is 14.1 Å². The van der Waals surface area contributed by atoms with Crippen molar-refractivity contribution in [3.05, 3.63) is 23.7 Å². The summed E-state index contributed by atoms with van der Waals surface area (Å²) in [6, 6.07) is 1.79. The Bertz CT molecular complexity index is 621. The molecule has 3 N–H and O–H groups in total. The van der Waals surface area contributed by atoms with Crippen LogP contribution >= 0.6 is 0 Å². The molecule has 1 aromatic heterocycles. The van der Waals surface area contributed by atoms with Crippen molar-refractivity contribution in [2.75, 3.05) is 39.9 Å². The molecule has 1 heterocycles. The Hall–Kier alpha value is -2.02. The van der Waals surface area contributed by atoms with Crippen molar-refractivity contribution >= 4 is 11.9 Å². The molecule has 1 aliphatic carbocycles. The molecule has 7 heteroatoms. The Labute approximate surface area is 168 Å². The van der Waals surface area contributed by atoms with Crippen molar-refractivity contribution in [3.63, 3.8) is 0 Å². The summed E-state index contributed by atoms with van der Waals surface area (Å²) < 4.78 is 10.5. The summed E-state index contributed by atoms with van der Waals surface area (Å²) in [4.78, 5) is 16.9. The predicted molar refractivity (Wildman–Crippen MR) is 112 cm³/mol. The average molecular weight is 393 g/mol. The first-order chi connectivity index (χ1) is 13.6. The number of aliphatic imine (C=N–C) groups is 1. The zero-order valence-corrected chi connectivity index (χ0v) is 17.6. The second-order valence-corrected chi connectivity index (χ2v) is 7.61. The van der Waals surface area contributed by atoms with Crippen LogP contribution in [-0.4, -0.2) is 51.8 Å². The highest BCUT2D eigenvalue weighted by atomic mass is 16.5. The number of nitrogens with one attached hydrogen (secondary N) is 3. The fraction of sp³-hybridized carbons (Fsp3) is 0.714. The first-order valence-corrected chi connectivity index (χ1v) is 10.4. The normalized spacial score (nSPS) is 16.2. The summed E-state index contributed by atoms with van der Waals surface area (Å²) in [5, 5.41) is 9.58. The van der Waals surface area contributed by atoms with Gasteiger partial charge >= 0.3 is 0 Å². The third-order valence-electron chi connectivity index (χ3n) is 5.42. The second-order valence-electron chi connectivity index (χ2n) is 7.61. The van der Waals surface area contributed by atoms with Crippen LogP contribution < -0.4 is 16.0 Å². The van der Waals surface area contributed by atoms with Gasteiger partial charge in [0.1, 0.15) is 0 Å². The molecule has 0 radical (unpaired) electrons. The van der Waals surface area contributed by atoms with Crippen LogP contribution in [0.2, 0.25) is 0 Å². The lowest BCUT2D eigenvalue weighted by atomic mass is 9.83. The van der Waals surface area contributed by atoms with Crippen LogP contribution in [0.4, 0.5) is 0 Å². The highest BCUT2D eigenvalue weighted by molar-refractivity contribution is 5.92. The van der Waals surface area contributed by atoms with Crippen molar-refractivity contribution in [2.24, 2.45) is 10.4 Å². The molecule has 0 atom stereocenters. The highest BCUT2D eigenvalue weighted by Gasteiger charge is 2.33. The molecule has 1 saturated carbocycles. The molecule has 1 fully saturated rings. The maximum Gasteiger partial charge on any atom is 0.287 e. The Balaban J connectivity index is 1.74. The number of ether oxygens (including phenoxy) is 1. The van der Waals surface area contributed by atoms with E-state index in [2.05, 4.69) is 22.9 Å². The van der Waals surface area contributed by atoms with Gasteiger partial charge < -0.3 is 25.1 Å². The average Bonchev–Trinajstić information content (AvgIpc) is 3.33. The number of rotatable bonds is 11. The van der Waals surface area contributed by atoms with Crippen LogP contribution in [0.1, 0.15) is 61.6 Å². The molecule has 1 aliphatic rings. The molecule has 28 heavy (non-hydrogen) atoms. The van der Waals surface area contributed by atoms with Gasteiger partial charge in [-0.15, -0.1) is 0 Å². The maximum atomic E-state index is 12.0. The van der Waals surface area contributed by atoms with Gasteiger partial charge in [-0.25, -0.2) is 0 Å². The number of carbonyl (C=O) groups is 1. The van der Waals surface area contributed by atoms with Gasteiger partial charge in [0.25, 0.3) is 5.91 Å². The minimum absolute atomic E-state index is 0.163. The van der Waals surface area contributed by atoms with Gasteiger partial charge in [0.2, 0.25) is 0 Å². The summed E-state index contributed by atoms with van der Waals surface area (Å²) in [6.07, 6.45) is 8.47. The van der Waals surface area contributed by atoms with Crippen molar-refractivity contribution in [2.45, 2.75) is 52.4 Å². The molecule has 1 amide bonds. The quantitative estimate of drug-likeness (QED) is 0.306. The maximum absolute atomic E-state index is 12.0. The lowest BCUT2D eigenvalue weighted by molar-refractivity contribution is 0.0925. The molecule has 7 nitrogen and oxygen atoms in total. The van der Waals surface area contributed by atoms with E-state index >= 15 is 0 Å². The van der Waals surface area contributed by atoms with E-state index in [-0.39, 0.29) is 11.3 Å². The third-order valence-corrected chi connectivity index (χ3v) is 5.42. The van der Waals surface area contributed by atoms with Gasteiger partial charge in [0, 0.05) is 45.5 Å². The zero-order valence-electron chi connectivity index (χ0n) is 17.6. The van der Waals surface area contributed by atoms with E-state index in [0.717, 1.165) is 50.6 Å². The first kappa shape index (κ1) is 22.3. The summed E-state index contributed by atoms with van der Waals surface area (Å²) in [5.41, 5.74) is 1.14. The lowest BCUT2D eigenvalue weighted by Gasteiger charge is -2.27. The number of amides is 1. The summed E-state index contributed by atoms with van der Waals surface area (Å²) in [7, 11) is 1.77. The van der Waals surface area contributed by atoms with Gasteiger partial charge in [-0.3, -0.25) is 9.79 Å². The van der Waals surface area contributed by atoms with E-state index < -0.39 is 0 Å². The molecule has 158 valence electrons. The first-order valence-electron chi connectivity index (χ1n) is 10.4. The summed E-state index contributed by atoms with van der Waals surface area (Å²) in [5.74, 6) is 1.07. The van der Waals surface area contributed by atoms with Crippen LogP contribution in [-0.2, 0) is 4.74 Å².